The zero-order chi connectivity index (χ0) is 17.6. The van der Waals surface area contributed by atoms with Crippen LogP contribution in [0.1, 0.15) is 15.9 Å². The Morgan fingerprint density at radius 1 is 1.04 bits per heavy atom. The maximum atomic E-state index is 15.6. The number of rotatable bonds is 2. The molecule has 4 rings (SSSR count). The highest BCUT2D eigenvalue weighted by molar-refractivity contribution is 7.15. The molecule has 1 unspecified atom stereocenters. The molecular weight excluding hydrogens is 341 g/mol. The Labute approximate surface area is 146 Å². The molecule has 0 radical (unpaired) electrons. The summed E-state index contributed by atoms with van der Waals surface area (Å²) in [4.78, 5) is 25.3. The van der Waals surface area contributed by atoms with E-state index in [4.69, 9.17) is 0 Å². The number of phenols is 1. The fourth-order valence-electron chi connectivity index (χ4n) is 2.96. The van der Waals surface area contributed by atoms with Crippen molar-refractivity contribution in [2.24, 2.45) is 0 Å². The Hall–Kier alpha value is -2.99. The molecule has 2 aromatic carbocycles. The maximum absolute atomic E-state index is 15.6. The van der Waals surface area contributed by atoms with Crippen molar-refractivity contribution in [3.05, 3.63) is 71.1 Å². The summed E-state index contributed by atoms with van der Waals surface area (Å²) in [6.45, 7) is 0. The summed E-state index contributed by atoms with van der Waals surface area (Å²) < 4.78 is 15.6. The Kier molecular flexibility index (Phi) is 3.43. The fourth-order valence-corrected chi connectivity index (χ4v) is 3.92. The second-order valence-corrected chi connectivity index (χ2v) is 6.59. The van der Waals surface area contributed by atoms with Crippen LogP contribution in [0.5, 0.6) is 5.75 Å². The number of aromatic hydroxyl groups is 1. The number of hydrogen-bond donors (Lipinski definition) is 2. The van der Waals surface area contributed by atoms with Gasteiger partial charge in [-0.1, -0.05) is 42.5 Å². The molecule has 0 spiro atoms. The highest BCUT2D eigenvalue weighted by Gasteiger charge is 2.53. The molecule has 1 aromatic heterocycles. The van der Waals surface area contributed by atoms with Gasteiger partial charge in [0.1, 0.15) is 10.8 Å². The number of carbonyl (C=O) groups excluding carboxylic acids is 2. The minimum absolute atomic E-state index is 0.00351. The number of nitrogens with one attached hydrogen (secondary N) is 1. The average Bonchev–Trinajstić information content (AvgIpc) is 3.04. The Bertz CT molecular complexity index is 999. The van der Waals surface area contributed by atoms with Gasteiger partial charge in [-0.05, 0) is 17.7 Å². The molecule has 4 nitrogen and oxygen atoms in total. The third kappa shape index (κ3) is 2.26. The minimum atomic E-state index is -2.78. The van der Waals surface area contributed by atoms with E-state index in [9.17, 15) is 14.7 Å². The zero-order valence-corrected chi connectivity index (χ0v) is 13.6. The van der Waals surface area contributed by atoms with Gasteiger partial charge in [0.2, 0.25) is 5.78 Å². The molecule has 0 aliphatic carbocycles. The SMILES string of the molecule is O=C1Nc2scc(-c3cccc(O)c3)c2C(=O)C1(F)c1ccccc1. The lowest BCUT2D eigenvalue weighted by Crippen LogP contribution is -2.47. The van der Waals surface area contributed by atoms with Gasteiger partial charge in [0.15, 0.2) is 0 Å². The van der Waals surface area contributed by atoms with Crippen molar-refractivity contribution < 1.29 is 19.1 Å². The summed E-state index contributed by atoms with van der Waals surface area (Å²) >= 11 is 1.16. The van der Waals surface area contributed by atoms with E-state index in [1.165, 1.54) is 24.3 Å². The smallest absolute Gasteiger partial charge is 0.275 e. The van der Waals surface area contributed by atoms with Gasteiger partial charge < -0.3 is 10.4 Å². The number of benzene rings is 2. The first-order valence-electron chi connectivity index (χ1n) is 7.53. The number of fused-ring (bicyclic) bond motifs is 1. The molecule has 2 N–H and O–H groups in total. The van der Waals surface area contributed by atoms with Crippen LogP contribution >= 0.6 is 11.3 Å². The van der Waals surface area contributed by atoms with Crippen molar-refractivity contribution in [1.82, 2.24) is 0 Å². The van der Waals surface area contributed by atoms with Crippen LogP contribution in [0, 0.1) is 0 Å². The molecule has 124 valence electrons. The number of Topliss-reactive ketones (excluding diaryl/α,β-unsaturated/α-hetero) is 1. The molecule has 0 bridgehead atoms. The van der Waals surface area contributed by atoms with E-state index in [1.54, 1.807) is 35.7 Å². The summed E-state index contributed by atoms with van der Waals surface area (Å²) in [6.07, 6.45) is 0. The summed E-state index contributed by atoms with van der Waals surface area (Å²) in [5.41, 5.74) is -1.59. The van der Waals surface area contributed by atoms with Gasteiger partial charge in [-0.25, -0.2) is 4.39 Å². The number of anilines is 1. The zero-order valence-electron chi connectivity index (χ0n) is 12.8. The van der Waals surface area contributed by atoms with Crippen LogP contribution in [0.3, 0.4) is 0 Å². The second kappa shape index (κ2) is 5.53. The van der Waals surface area contributed by atoms with E-state index in [0.717, 1.165) is 11.3 Å². The first-order chi connectivity index (χ1) is 12.0. The number of alkyl halides is 1. The van der Waals surface area contributed by atoms with Crippen molar-refractivity contribution in [2.45, 2.75) is 5.67 Å². The van der Waals surface area contributed by atoms with Gasteiger partial charge in [0.05, 0.1) is 5.56 Å². The first-order valence-corrected chi connectivity index (χ1v) is 8.41. The molecule has 25 heavy (non-hydrogen) atoms. The molecule has 3 aromatic rings. The van der Waals surface area contributed by atoms with Crippen LogP contribution in [0.15, 0.2) is 60.0 Å². The monoisotopic (exact) mass is 353 g/mol. The highest BCUT2D eigenvalue weighted by Crippen LogP contribution is 2.45. The van der Waals surface area contributed by atoms with Crippen LogP contribution in [0.2, 0.25) is 0 Å². The van der Waals surface area contributed by atoms with Crippen molar-refractivity contribution in [3.63, 3.8) is 0 Å². The highest BCUT2D eigenvalue weighted by atomic mass is 32.1. The second-order valence-electron chi connectivity index (χ2n) is 5.71. The molecular formula is C19H12FNO3S. The molecule has 6 heteroatoms. The van der Waals surface area contributed by atoms with Crippen LogP contribution in [-0.2, 0) is 10.5 Å². The predicted molar refractivity (Wildman–Crippen MR) is 93.6 cm³/mol. The summed E-state index contributed by atoms with van der Waals surface area (Å²) in [6, 6.07) is 14.0. The minimum Gasteiger partial charge on any atom is -0.508 e. The largest absolute Gasteiger partial charge is 0.508 e. The third-order valence-corrected chi connectivity index (χ3v) is 5.10. The Morgan fingerprint density at radius 2 is 1.80 bits per heavy atom. The van der Waals surface area contributed by atoms with Gasteiger partial charge >= 0.3 is 0 Å². The number of hydrogen-bond acceptors (Lipinski definition) is 4. The summed E-state index contributed by atoms with van der Waals surface area (Å²) in [5.74, 6) is -1.84. The van der Waals surface area contributed by atoms with Crippen molar-refractivity contribution in [2.75, 3.05) is 5.32 Å². The number of ketones is 1. The lowest BCUT2D eigenvalue weighted by Gasteiger charge is -2.28. The third-order valence-electron chi connectivity index (χ3n) is 4.20. The van der Waals surface area contributed by atoms with Crippen LogP contribution in [0.25, 0.3) is 11.1 Å². The lowest BCUT2D eigenvalue weighted by molar-refractivity contribution is -0.125. The van der Waals surface area contributed by atoms with Crippen LogP contribution in [0.4, 0.5) is 9.39 Å². The standard InChI is InChI=1S/C19H12FNO3S/c20-19(12-6-2-1-3-7-12)16(23)15-14(10-25-17(15)21-18(19)24)11-5-4-8-13(22)9-11/h1-10,22H,(H,21,24). The Morgan fingerprint density at radius 3 is 2.52 bits per heavy atom. The van der Waals surface area contributed by atoms with E-state index in [-0.39, 0.29) is 16.9 Å². The van der Waals surface area contributed by atoms with Gasteiger partial charge in [-0.15, -0.1) is 11.3 Å². The number of halogens is 1. The first kappa shape index (κ1) is 15.5. The van der Waals surface area contributed by atoms with E-state index in [1.807, 2.05) is 0 Å². The molecule has 1 aliphatic heterocycles. The predicted octanol–water partition coefficient (Wildman–Crippen LogP) is 4.12. The van der Waals surface area contributed by atoms with E-state index >= 15 is 4.39 Å². The van der Waals surface area contributed by atoms with Crippen LogP contribution in [-0.4, -0.2) is 16.8 Å². The van der Waals surface area contributed by atoms with Crippen molar-refractivity contribution in [3.8, 4) is 16.9 Å². The van der Waals surface area contributed by atoms with Gasteiger partial charge in [-0.3, -0.25) is 9.59 Å². The van der Waals surface area contributed by atoms with E-state index in [2.05, 4.69) is 5.32 Å². The lowest BCUT2D eigenvalue weighted by atomic mass is 9.83. The van der Waals surface area contributed by atoms with Gasteiger partial charge in [0.25, 0.3) is 11.6 Å². The Balaban J connectivity index is 1.90. The maximum Gasteiger partial charge on any atom is 0.275 e. The molecule has 0 fully saturated rings. The van der Waals surface area contributed by atoms with Gasteiger partial charge in [0, 0.05) is 16.5 Å². The van der Waals surface area contributed by atoms with Crippen molar-refractivity contribution in [1.29, 1.82) is 0 Å². The molecule has 1 atom stereocenters. The topological polar surface area (TPSA) is 66.4 Å². The van der Waals surface area contributed by atoms with Crippen LogP contribution < -0.4 is 5.32 Å². The quantitative estimate of drug-likeness (QED) is 0.681. The van der Waals surface area contributed by atoms with Crippen molar-refractivity contribution >= 4 is 28.0 Å². The average molecular weight is 353 g/mol. The molecule has 1 amide bonds. The number of phenolic OH excluding ortho intramolecular Hbond substituents is 1. The number of carbonyl (C=O) groups is 2. The number of thiophene rings is 1. The van der Waals surface area contributed by atoms with Gasteiger partial charge in [-0.2, -0.15) is 0 Å². The molecule has 1 aliphatic rings. The number of amides is 1. The fraction of sp³-hybridized carbons (Fsp3) is 0.0526. The normalized spacial score (nSPS) is 19.4. The summed E-state index contributed by atoms with van der Waals surface area (Å²) in [5, 5.41) is 14.2. The molecule has 2 heterocycles. The molecule has 0 saturated carbocycles. The summed E-state index contributed by atoms with van der Waals surface area (Å²) in [7, 11) is 0. The molecule has 0 saturated heterocycles. The van der Waals surface area contributed by atoms with E-state index in [0.29, 0.717) is 16.1 Å². The van der Waals surface area contributed by atoms with E-state index < -0.39 is 17.4 Å².